The number of rotatable bonds is 7. The fourth-order valence-electron chi connectivity index (χ4n) is 3.17. The van der Waals surface area contributed by atoms with Gasteiger partial charge >= 0.3 is 0 Å². The predicted molar refractivity (Wildman–Crippen MR) is 107 cm³/mol. The number of amides is 1. The second-order valence-electron chi connectivity index (χ2n) is 6.62. The second kappa shape index (κ2) is 8.39. The summed E-state index contributed by atoms with van der Waals surface area (Å²) < 4.78 is 2.12. The highest BCUT2D eigenvalue weighted by atomic mass is 35.5. The molecule has 1 amide bonds. The number of aromatic nitrogens is 1. The summed E-state index contributed by atoms with van der Waals surface area (Å²) in [6, 6.07) is 18.1. The minimum Gasteiger partial charge on any atom is -0.354 e. The van der Waals surface area contributed by atoms with Gasteiger partial charge in [0.15, 0.2) is 0 Å². The topological polar surface area (TPSA) is 37.3 Å². The zero-order chi connectivity index (χ0) is 18.5. The molecule has 0 aliphatic heterocycles. The molecule has 0 saturated heterocycles. The van der Waals surface area contributed by atoms with E-state index in [9.17, 15) is 4.79 Å². The van der Waals surface area contributed by atoms with Crippen LogP contribution in [0.5, 0.6) is 0 Å². The fourth-order valence-corrected chi connectivity index (χ4v) is 3.43. The average molecular weight is 370 g/mol. The highest BCUT2D eigenvalue weighted by molar-refractivity contribution is 6.31. The monoisotopic (exact) mass is 369 g/mol. The molecule has 2 aromatic carbocycles. The lowest BCUT2D eigenvalue weighted by molar-refractivity contribution is -0.121. The zero-order valence-electron chi connectivity index (χ0n) is 15.2. The van der Waals surface area contributed by atoms with E-state index in [1.807, 2.05) is 56.7 Å². The van der Waals surface area contributed by atoms with E-state index in [0.717, 1.165) is 16.1 Å². The Morgan fingerprint density at radius 3 is 2.62 bits per heavy atom. The van der Waals surface area contributed by atoms with Gasteiger partial charge in [-0.2, -0.15) is 0 Å². The van der Waals surface area contributed by atoms with Crippen molar-refractivity contribution >= 4 is 28.4 Å². The summed E-state index contributed by atoms with van der Waals surface area (Å²) in [5, 5.41) is 4.96. The number of aryl methyl sites for hydroxylation is 1. The van der Waals surface area contributed by atoms with Crippen LogP contribution in [0, 0.1) is 0 Å². The number of benzene rings is 2. The van der Waals surface area contributed by atoms with Crippen molar-refractivity contribution in [3.63, 3.8) is 0 Å². The number of likely N-dealkylation sites (N-methyl/N-ethyl adjacent to an activating group) is 1. The molecule has 136 valence electrons. The summed E-state index contributed by atoms with van der Waals surface area (Å²) in [5.74, 6) is 0.0432. The molecule has 0 fully saturated rings. The fraction of sp³-hybridized carbons (Fsp3) is 0.286. The van der Waals surface area contributed by atoms with Gasteiger partial charge in [0.25, 0.3) is 0 Å². The van der Waals surface area contributed by atoms with Crippen molar-refractivity contribution in [2.75, 3.05) is 20.6 Å². The Morgan fingerprint density at radius 2 is 1.85 bits per heavy atom. The van der Waals surface area contributed by atoms with Crippen LogP contribution in [0.3, 0.4) is 0 Å². The first-order chi connectivity index (χ1) is 12.6. The Kier molecular flexibility index (Phi) is 5.96. The van der Waals surface area contributed by atoms with Crippen molar-refractivity contribution in [1.82, 2.24) is 14.8 Å². The first-order valence-corrected chi connectivity index (χ1v) is 9.15. The second-order valence-corrected chi connectivity index (χ2v) is 7.03. The van der Waals surface area contributed by atoms with E-state index in [0.29, 0.717) is 19.5 Å². The molecular formula is C21H24ClN3O. The molecule has 0 saturated carbocycles. The third-order valence-corrected chi connectivity index (χ3v) is 4.98. The lowest BCUT2D eigenvalue weighted by Gasteiger charge is -2.26. The van der Waals surface area contributed by atoms with E-state index in [1.54, 1.807) is 0 Å². The number of nitrogens with one attached hydrogen (secondary N) is 1. The Hall–Kier alpha value is -2.30. The maximum absolute atomic E-state index is 12.3. The highest BCUT2D eigenvalue weighted by Gasteiger charge is 2.17. The van der Waals surface area contributed by atoms with Crippen LogP contribution in [0.1, 0.15) is 18.0 Å². The quantitative estimate of drug-likeness (QED) is 0.680. The number of hydrogen-bond acceptors (Lipinski definition) is 2. The number of hydrogen-bond donors (Lipinski definition) is 1. The van der Waals surface area contributed by atoms with Crippen LogP contribution in [-0.2, 0) is 11.3 Å². The van der Waals surface area contributed by atoms with Crippen LogP contribution in [-0.4, -0.2) is 36.0 Å². The van der Waals surface area contributed by atoms with Crippen LogP contribution in [0.25, 0.3) is 10.9 Å². The Labute approximate surface area is 159 Å². The molecule has 1 heterocycles. The van der Waals surface area contributed by atoms with Gasteiger partial charge in [-0.3, -0.25) is 4.79 Å². The lowest BCUT2D eigenvalue weighted by Crippen LogP contribution is -2.35. The van der Waals surface area contributed by atoms with Gasteiger partial charge < -0.3 is 14.8 Å². The first-order valence-electron chi connectivity index (χ1n) is 8.77. The molecule has 0 aliphatic rings. The summed E-state index contributed by atoms with van der Waals surface area (Å²) in [6.45, 7) is 1.19. The Bertz CT molecular complexity index is 888. The summed E-state index contributed by atoms with van der Waals surface area (Å²) >= 11 is 6.32. The number of fused-ring (bicyclic) bond motifs is 1. The summed E-state index contributed by atoms with van der Waals surface area (Å²) in [7, 11) is 3.98. The van der Waals surface area contributed by atoms with E-state index in [-0.39, 0.29) is 11.9 Å². The minimum atomic E-state index is 0.0417. The Balaban J connectivity index is 1.58. The van der Waals surface area contributed by atoms with E-state index >= 15 is 0 Å². The Morgan fingerprint density at radius 1 is 1.12 bits per heavy atom. The van der Waals surface area contributed by atoms with E-state index in [1.165, 1.54) is 5.39 Å². The third kappa shape index (κ3) is 4.26. The van der Waals surface area contributed by atoms with Crippen LogP contribution >= 0.6 is 11.6 Å². The first kappa shape index (κ1) is 18.5. The SMILES string of the molecule is CN(C)[C@@H](CNC(=O)CCn1ccc2ccccc21)c1ccccc1Cl. The maximum atomic E-state index is 12.3. The molecule has 1 atom stereocenters. The van der Waals surface area contributed by atoms with Crippen molar-refractivity contribution in [3.05, 3.63) is 71.4 Å². The molecule has 3 rings (SSSR count). The van der Waals surface area contributed by atoms with E-state index < -0.39 is 0 Å². The van der Waals surface area contributed by atoms with Crippen molar-refractivity contribution in [1.29, 1.82) is 0 Å². The van der Waals surface area contributed by atoms with Gasteiger partial charge in [0.1, 0.15) is 0 Å². The van der Waals surface area contributed by atoms with Gasteiger partial charge in [-0.25, -0.2) is 0 Å². The molecule has 26 heavy (non-hydrogen) atoms. The highest BCUT2D eigenvalue weighted by Crippen LogP contribution is 2.25. The van der Waals surface area contributed by atoms with Crippen LogP contribution < -0.4 is 5.32 Å². The van der Waals surface area contributed by atoms with Gasteiger partial charge in [-0.05, 0) is 43.2 Å². The molecule has 0 radical (unpaired) electrons. The molecule has 0 bridgehead atoms. The molecule has 0 aliphatic carbocycles. The van der Waals surface area contributed by atoms with Gasteiger partial charge in [0.05, 0.1) is 6.04 Å². The maximum Gasteiger partial charge on any atom is 0.221 e. The number of halogens is 1. The molecule has 3 aromatic rings. The van der Waals surface area contributed by atoms with Crippen LogP contribution in [0.2, 0.25) is 5.02 Å². The molecular weight excluding hydrogens is 346 g/mol. The van der Waals surface area contributed by atoms with Crippen LogP contribution in [0.4, 0.5) is 0 Å². The molecule has 1 aromatic heterocycles. The molecule has 0 unspecified atom stereocenters. The van der Waals surface area contributed by atoms with Crippen molar-refractivity contribution in [2.24, 2.45) is 0 Å². The minimum absolute atomic E-state index is 0.0417. The summed E-state index contributed by atoms with van der Waals surface area (Å²) in [4.78, 5) is 14.4. The van der Waals surface area contributed by atoms with Gasteiger partial charge in [-0.15, -0.1) is 0 Å². The number of carbonyl (C=O) groups is 1. The van der Waals surface area contributed by atoms with Gasteiger partial charge in [0.2, 0.25) is 5.91 Å². The number of para-hydroxylation sites is 1. The molecule has 1 N–H and O–H groups in total. The number of nitrogens with zero attached hydrogens (tertiary/aromatic N) is 2. The summed E-state index contributed by atoms with van der Waals surface area (Å²) in [5.41, 5.74) is 2.18. The van der Waals surface area contributed by atoms with Gasteiger partial charge in [0, 0.05) is 36.2 Å². The predicted octanol–water partition coefficient (Wildman–Crippen LogP) is 4.10. The normalized spacial score (nSPS) is 12.5. The zero-order valence-corrected chi connectivity index (χ0v) is 15.9. The van der Waals surface area contributed by atoms with Crippen molar-refractivity contribution in [3.8, 4) is 0 Å². The van der Waals surface area contributed by atoms with Crippen molar-refractivity contribution < 1.29 is 4.79 Å². The molecule has 5 heteroatoms. The van der Waals surface area contributed by atoms with Gasteiger partial charge in [-0.1, -0.05) is 48.0 Å². The van der Waals surface area contributed by atoms with Crippen molar-refractivity contribution in [2.45, 2.75) is 19.0 Å². The summed E-state index contributed by atoms with van der Waals surface area (Å²) in [6.07, 6.45) is 2.48. The molecule has 4 nitrogen and oxygen atoms in total. The average Bonchev–Trinajstić information content (AvgIpc) is 3.04. The lowest BCUT2D eigenvalue weighted by atomic mass is 10.1. The third-order valence-electron chi connectivity index (χ3n) is 4.64. The molecule has 0 spiro atoms. The van der Waals surface area contributed by atoms with E-state index in [4.69, 9.17) is 11.6 Å². The smallest absolute Gasteiger partial charge is 0.221 e. The number of carbonyl (C=O) groups excluding carboxylic acids is 1. The van der Waals surface area contributed by atoms with E-state index in [2.05, 4.69) is 33.0 Å². The van der Waals surface area contributed by atoms with Crippen LogP contribution in [0.15, 0.2) is 60.8 Å². The standard InChI is InChI=1S/C21H24ClN3O/c1-24(2)20(17-8-4-5-9-18(17)22)15-23-21(26)12-14-25-13-11-16-7-3-6-10-19(16)25/h3-11,13,20H,12,14-15H2,1-2H3,(H,23,26)/t20-/m0/s1. The largest absolute Gasteiger partial charge is 0.354 e.